The highest BCUT2D eigenvalue weighted by atomic mass is 35.5. The number of carbonyl (C=O) groups is 4. The molecule has 3 aromatic rings. The number of aromatic nitrogens is 1. The number of pyridine rings is 1. The summed E-state index contributed by atoms with van der Waals surface area (Å²) in [6.07, 6.45) is 0.625. The molecular weight excluding hydrogens is 578 g/mol. The number of likely N-dealkylation sites (tertiary alicyclic amines) is 1. The molecule has 1 fully saturated rings. The predicted octanol–water partition coefficient (Wildman–Crippen LogP) is 4.13. The molecule has 228 valence electrons. The van der Waals surface area contributed by atoms with E-state index in [1.807, 2.05) is 0 Å². The van der Waals surface area contributed by atoms with Crippen molar-refractivity contribution < 1.29 is 28.8 Å². The molecule has 4 amide bonds. The van der Waals surface area contributed by atoms with Crippen molar-refractivity contribution in [2.24, 2.45) is 0 Å². The topological polar surface area (TPSA) is 141 Å². The fraction of sp³-hybridized carbons (Fsp3) is 0.367. The Morgan fingerprint density at radius 3 is 2.40 bits per heavy atom. The van der Waals surface area contributed by atoms with Gasteiger partial charge >= 0.3 is 6.09 Å². The van der Waals surface area contributed by atoms with E-state index in [1.165, 1.54) is 38.4 Å². The van der Waals surface area contributed by atoms with Crippen LogP contribution >= 0.6 is 11.6 Å². The number of rotatable bonds is 6. The largest absolute Gasteiger partial charge is 0.443 e. The molecule has 0 spiro atoms. The zero-order valence-corrected chi connectivity index (χ0v) is 25.4. The maximum Gasteiger partial charge on any atom is 0.426 e. The molecular formula is C30H34ClN5O7. The number of hydroxylamine groups is 2. The maximum absolute atomic E-state index is 14.2. The smallest absolute Gasteiger partial charge is 0.426 e. The van der Waals surface area contributed by atoms with E-state index in [9.17, 15) is 24.0 Å². The van der Waals surface area contributed by atoms with Crippen molar-refractivity contribution in [1.82, 2.24) is 25.4 Å². The van der Waals surface area contributed by atoms with Gasteiger partial charge in [-0.2, -0.15) is 0 Å². The summed E-state index contributed by atoms with van der Waals surface area (Å²) in [4.78, 5) is 76.8. The van der Waals surface area contributed by atoms with Crippen LogP contribution in [0.15, 0.2) is 47.3 Å². The SMILES string of the molecule is CON(C)C(=O)c1cccc(CN(NC(=O)OC(C)(C)C)C(=O)c2c(C(=O)N3CCCC3)[nH]c3cc(Cl)ccc3c2=O)c1. The predicted molar refractivity (Wildman–Crippen MR) is 160 cm³/mol. The Balaban J connectivity index is 1.82. The number of carbonyl (C=O) groups excluding carboxylic acids is 4. The fourth-order valence-corrected chi connectivity index (χ4v) is 4.84. The molecule has 0 unspecified atom stereocenters. The number of halogens is 1. The van der Waals surface area contributed by atoms with Gasteiger partial charge in [-0.1, -0.05) is 23.7 Å². The fourth-order valence-electron chi connectivity index (χ4n) is 4.66. The van der Waals surface area contributed by atoms with Crippen molar-refractivity contribution >= 4 is 46.3 Å². The molecule has 2 heterocycles. The Morgan fingerprint density at radius 2 is 1.74 bits per heavy atom. The van der Waals surface area contributed by atoms with Crippen LogP contribution in [0.5, 0.6) is 0 Å². The Bertz CT molecular complexity index is 1630. The number of hydrazine groups is 1. The quantitative estimate of drug-likeness (QED) is 0.399. The van der Waals surface area contributed by atoms with Gasteiger partial charge in [-0.25, -0.2) is 20.3 Å². The zero-order chi connectivity index (χ0) is 31.5. The van der Waals surface area contributed by atoms with Crippen LogP contribution in [0.25, 0.3) is 10.9 Å². The summed E-state index contributed by atoms with van der Waals surface area (Å²) in [5.41, 5.74) is 1.15. The number of hydrogen-bond donors (Lipinski definition) is 2. The molecule has 0 aliphatic carbocycles. The Hall–Kier alpha value is -4.42. The minimum absolute atomic E-state index is 0.137. The molecule has 0 bridgehead atoms. The summed E-state index contributed by atoms with van der Waals surface area (Å²) in [6.45, 7) is 5.65. The summed E-state index contributed by atoms with van der Waals surface area (Å²) in [5.74, 6) is -1.91. The molecule has 43 heavy (non-hydrogen) atoms. The minimum atomic E-state index is -0.955. The summed E-state index contributed by atoms with van der Waals surface area (Å²) in [5, 5.41) is 2.41. The molecule has 1 aliphatic heterocycles. The highest BCUT2D eigenvalue weighted by Crippen LogP contribution is 2.21. The maximum atomic E-state index is 14.2. The highest BCUT2D eigenvalue weighted by molar-refractivity contribution is 6.31. The van der Waals surface area contributed by atoms with E-state index in [0.717, 1.165) is 22.9 Å². The van der Waals surface area contributed by atoms with Crippen LogP contribution in [0, 0.1) is 0 Å². The lowest BCUT2D eigenvalue weighted by molar-refractivity contribution is -0.0757. The number of nitrogens with zero attached hydrogens (tertiary/aromatic N) is 3. The minimum Gasteiger partial charge on any atom is -0.443 e. The van der Waals surface area contributed by atoms with Gasteiger partial charge in [0.05, 0.1) is 19.2 Å². The van der Waals surface area contributed by atoms with E-state index in [4.69, 9.17) is 21.2 Å². The van der Waals surface area contributed by atoms with Crippen LogP contribution in [0.4, 0.5) is 4.79 Å². The molecule has 1 aromatic heterocycles. The standard InChI is InChI=1S/C30H34ClN5O7/c1-30(2,3)43-29(41)33-36(17-18-9-8-10-19(15-18)26(38)34(4)42-5)27(39)23-24(28(40)35-13-6-7-14-35)32-22-16-20(31)11-12-21(22)25(23)37/h8-12,15-16H,6-7,13-14,17H2,1-5H3,(H,32,37)(H,33,41). The first-order chi connectivity index (χ1) is 20.3. The lowest BCUT2D eigenvalue weighted by Gasteiger charge is -2.27. The highest BCUT2D eigenvalue weighted by Gasteiger charge is 2.32. The van der Waals surface area contributed by atoms with Gasteiger partial charge in [-0.05, 0) is 69.5 Å². The lowest BCUT2D eigenvalue weighted by atomic mass is 10.1. The van der Waals surface area contributed by atoms with Gasteiger partial charge in [0.2, 0.25) is 5.43 Å². The van der Waals surface area contributed by atoms with Crippen LogP contribution in [0.1, 0.15) is 70.4 Å². The molecule has 2 N–H and O–H groups in total. The van der Waals surface area contributed by atoms with Crippen LogP contribution in [0.3, 0.4) is 0 Å². The van der Waals surface area contributed by atoms with Crippen LogP contribution in [-0.2, 0) is 16.1 Å². The van der Waals surface area contributed by atoms with E-state index in [-0.39, 0.29) is 28.7 Å². The van der Waals surface area contributed by atoms with E-state index in [2.05, 4.69) is 10.4 Å². The van der Waals surface area contributed by atoms with E-state index in [0.29, 0.717) is 23.7 Å². The Morgan fingerprint density at radius 1 is 1.05 bits per heavy atom. The second-order valence-corrected chi connectivity index (χ2v) is 11.5. The van der Waals surface area contributed by atoms with E-state index >= 15 is 0 Å². The third-order valence-corrected chi connectivity index (χ3v) is 6.96. The molecule has 4 rings (SSSR count). The summed E-state index contributed by atoms with van der Waals surface area (Å²) >= 11 is 6.16. The molecule has 0 atom stereocenters. The monoisotopic (exact) mass is 611 g/mol. The number of ether oxygens (including phenoxy) is 1. The average molecular weight is 612 g/mol. The molecule has 1 saturated heterocycles. The van der Waals surface area contributed by atoms with Gasteiger partial charge in [0.15, 0.2) is 0 Å². The number of hydrogen-bond acceptors (Lipinski definition) is 7. The van der Waals surface area contributed by atoms with Crippen LogP contribution in [-0.4, -0.2) is 76.6 Å². The molecule has 2 aromatic carbocycles. The summed E-state index contributed by atoms with van der Waals surface area (Å²) in [6, 6.07) is 10.8. The number of benzene rings is 2. The summed E-state index contributed by atoms with van der Waals surface area (Å²) in [7, 11) is 2.80. The van der Waals surface area contributed by atoms with Gasteiger partial charge < -0.3 is 14.6 Å². The molecule has 0 saturated carbocycles. The van der Waals surface area contributed by atoms with Crippen molar-refractivity contribution in [2.45, 2.75) is 45.8 Å². The van der Waals surface area contributed by atoms with Gasteiger partial charge in [-0.15, -0.1) is 0 Å². The van der Waals surface area contributed by atoms with Gasteiger partial charge in [0.1, 0.15) is 16.9 Å². The molecule has 12 nitrogen and oxygen atoms in total. The second-order valence-electron chi connectivity index (χ2n) is 11.1. The van der Waals surface area contributed by atoms with E-state index in [1.54, 1.807) is 43.9 Å². The molecule has 13 heteroatoms. The number of amides is 4. The Kier molecular flexibility index (Phi) is 9.41. The molecule has 1 aliphatic rings. The number of fused-ring (bicyclic) bond motifs is 1. The van der Waals surface area contributed by atoms with Gasteiger partial charge in [0, 0.05) is 36.1 Å². The molecule has 0 radical (unpaired) electrons. The Labute approximate surface area is 253 Å². The zero-order valence-electron chi connectivity index (χ0n) is 24.7. The average Bonchev–Trinajstić information content (AvgIpc) is 3.49. The van der Waals surface area contributed by atoms with Gasteiger partial charge in [-0.3, -0.25) is 24.0 Å². The van der Waals surface area contributed by atoms with Crippen molar-refractivity contribution in [3.63, 3.8) is 0 Å². The van der Waals surface area contributed by atoms with E-state index < -0.39 is 40.4 Å². The third-order valence-electron chi connectivity index (χ3n) is 6.73. The van der Waals surface area contributed by atoms with Crippen molar-refractivity contribution in [3.05, 3.63) is 80.1 Å². The normalized spacial score (nSPS) is 13.1. The first kappa shape index (κ1) is 31.5. The van der Waals surface area contributed by atoms with Crippen LogP contribution in [0.2, 0.25) is 5.02 Å². The first-order valence-electron chi connectivity index (χ1n) is 13.7. The van der Waals surface area contributed by atoms with Gasteiger partial charge in [0.25, 0.3) is 17.7 Å². The second kappa shape index (κ2) is 12.8. The van der Waals surface area contributed by atoms with Crippen molar-refractivity contribution in [1.29, 1.82) is 0 Å². The van der Waals surface area contributed by atoms with Crippen molar-refractivity contribution in [2.75, 3.05) is 27.2 Å². The third kappa shape index (κ3) is 7.33. The number of H-pyrrole nitrogens is 1. The number of nitrogens with one attached hydrogen (secondary N) is 2. The number of aromatic amines is 1. The first-order valence-corrected chi connectivity index (χ1v) is 14.0. The lowest BCUT2D eigenvalue weighted by Crippen LogP contribution is -2.49. The van der Waals surface area contributed by atoms with Crippen LogP contribution < -0.4 is 10.9 Å². The van der Waals surface area contributed by atoms with Crippen molar-refractivity contribution in [3.8, 4) is 0 Å². The summed E-state index contributed by atoms with van der Waals surface area (Å²) < 4.78 is 5.38.